The molecule has 0 aliphatic heterocycles. The van der Waals surface area contributed by atoms with Gasteiger partial charge in [0.1, 0.15) is 5.75 Å². The van der Waals surface area contributed by atoms with E-state index >= 15 is 0 Å². The Morgan fingerprint density at radius 2 is 1.76 bits per heavy atom. The number of halogens is 1. The highest BCUT2D eigenvalue weighted by atomic mass is 35.5. The van der Waals surface area contributed by atoms with Crippen LogP contribution in [0.5, 0.6) is 5.75 Å². The number of benzene rings is 2. The van der Waals surface area contributed by atoms with Crippen molar-refractivity contribution in [3.63, 3.8) is 0 Å². The van der Waals surface area contributed by atoms with Crippen molar-refractivity contribution in [1.29, 1.82) is 0 Å². The second-order valence-electron chi connectivity index (χ2n) is 5.60. The molecule has 0 fully saturated rings. The topological polar surface area (TPSA) is 53.6 Å². The average molecular weight is 362 g/mol. The Labute approximate surface area is 153 Å². The number of urea groups is 1. The quantitative estimate of drug-likeness (QED) is 0.748. The molecule has 0 atom stereocenters. The summed E-state index contributed by atoms with van der Waals surface area (Å²) in [7, 11) is 1.54. The Kier molecular flexibility index (Phi) is 6.53. The summed E-state index contributed by atoms with van der Waals surface area (Å²) < 4.78 is 5.24. The molecule has 134 valence electrons. The summed E-state index contributed by atoms with van der Waals surface area (Å²) in [6, 6.07) is 10.7. The van der Waals surface area contributed by atoms with Crippen LogP contribution in [0.4, 0.5) is 21.9 Å². The molecule has 2 N–H and O–H groups in total. The number of hydrogen-bond acceptors (Lipinski definition) is 3. The van der Waals surface area contributed by atoms with Gasteiger partial charge in [0.15, 0.2) is 0 Å². The number of anilines is 3. The highest BCUT2D eigenvalue weighted by Crippen LogP contribution is 2.28. The molecule has 5 nitrogen and oxygen atoms in total. The number of amides is 2. The standard InChI is InChI=1S/C19H24ClN3O2/c1-5-23(6-2)15-8-9-16(13(3)11-15)21-19(24)22-17-12-14(20)7-10-18(17)25-4/h7-12H,5-6H2,1-4H3,(H2,21,22,24). The van der Waals surface area contributed by atoms with E-state index in [1.807, 2.05) is 19.1 Å². The first kappa shape index (κ1) is 18.9. The Hall–Kier alpha value is -2.40. The van der Waals surface area contributed by atoms with Crippen LogP contribution in [0.25, 0.3) is 0 Å². The second-order valence-corrected chi connectivity index (χ2v) is 6.03. The molecule has 0 aliphatic rings. The van der Waals surface area contributed by atoms with Gasteiger partial charge in [0.25, 0.3) is 0 Å². The minimum Gasteiger partial charge on any atom is -0.495 e. The van der Waals surface area contributed by atoms with Crippen molar-refractivity contribution in [2.75, 3.05) is 35.7 Å². The monoisotopic (exact) mass is 361 g/mol. The molecule has 0 saturated heterocycles. The summed E-state index contributed by atoms with van der Waals surface area (Å²) >= 11 is 5.99. The van der Waals surface area contributed by atoms with Crippen LogP contribution in [0.3, 0.4) is 0 Å². The zero-order valence-corrected chi connectivity index (χ0v) is 15.8. The lowest BCUT2D eigenvalue weighted by Crippen LogP contribution is -2.23. The number of nitrogens with one attached hydrogen (secondary N) is 2. The van der Waals surface area contributed by atoms with Gasteiger partial charge in [-0.1, -0.05) is 11.6 Å². The first-order valence-electron chi connectivity index (χ1n) is 8.25. The van der Waals surface area contributed by atoms with E-state index in [-0.39, 0.29) is 6.03 Å². The van der Waals surface area contributed by atoms with E-state index in [1.54, 1.807) is 25.3 Å². The van der Waals surface area contributed by atoms with Crippen LogP contribution in [-0.2, 0) is 0 Å². The largest absolute Gasteiger partial charge is 0.495 e. The maximum absolute atomic E-state index is 12.3. The van der Waals surface area contributed by atoms with Gasteiger partial charge >= 0.3 is 6.03 Å². The van der Waals surface area contributed by atoms with Crippen LogP contribution < -0.4 is 20.3 Å². The molecule has 2 aromatic rings. The van der Waals surface area contributed by atoms with Crippen molar-refractivity contribution in [1.82, 2.24) is 0 Å². The number of carbonyl (C=O) groups is 1. The third-order valence-corrected chi connectivity index (χ3v) is 4.23. The SMILES string of the molecule is CCN(CC)c1ccc(NC(=O)Nc2cc(Cl)ccc2OC)c(C)c1. The van der Waals surface area contributed by atoms with E-state index in [1.165, 1.54) is 0 Å². The van der Waals surface area contributed by atoms with E-state index < -0.39 is 0 Å². The predicted molar refractivity (Wildman–Crippen MR) is 105 cm³/mol. The molecule has 6 heteroatoms. The molecule has 0 aliphatic carbocycles. The van der Waals surface area contributed by atoms with Crippen LogP contribution in [0.2, 0.25) is 5.02 Å². The summed E-state index contributed by atoms with van der Waals surface area (Å²) in [6.07, 6.45) is 0. The molecule has 2 aromatic carbocycles. The first-order chi connectivity index (χ1) is 12.0. The molecule has 0 unspecified atom stereocenters. The number of aryl methyl sites for hydroxylation is 1. The number of ether oxygens (including phenoxy) is 1. The van der Waals surface area contributed by atoms with Gasteiger partial charge in [-0.25, -0.2) is 4.79 Å². The Morgan fingerprint density at radius 3 is 2.36 bits per heavy atom. The molecule has 25 heavy (non-hydrogen) atoms. The maximum atomic E-state index is 12.3. The van der Waals surface area contributed by atoms with Gasteiger partial charge in [0.05, 0.1) is 12.8 Å². The van der Waals surface area contributed by atoms with E-state index in [0.29, 0.717) is 16.5 Å². The lowest BCUT2D eigenvalue weighted by atomic mass is 10.1. The third-order valence-electron chi connectivity index (χ3n) is 4.00. The zero-order chi connectivity index (χ0) is 18.4. The van der Waals surface area contributed by atoms with E-state index in [0.717, 1.165) is 30.0 Å². The highest BCUT2D eigenvalue weighted by Gasteiger charge is 2.11. The van der Waals surface area contributed by atoms with Crippen LogP contribution >= 0.6 is 11.6 Å². The molecule has 0 saturated carbocycles. The molecule has 2 amide bonds. The molecular formula is C19H24ClN3O2. The average Bonchev–Trinajstić information content (AvgIpc) is 2.58. The summed E-state index contributed by atoms with van der Waals surface area (Å²) in [5.74, 6) is 0.549. The fourth-order valence-corrected chi connectivity index (χ4v) is 2.80. The number of nitrogens with zero attached hydrogens (tertiary/aromatic N) is 1. The Balaban J connectivity index is 2.12. The third kappa shape index (κ3) is 4.79. The molecule has 0 bridgehead atoms. The molecule has 0 radical (unpaired) electrons. The van der Waals surface area contributed by atoms with Crippen molar-refractivity contribution in [3.05, 3.63) is 47.0 Å². The van der Waals surface area contributed by atoms with Gasteiger partial charge in [0.2, 0.25) is 0 Å². The van der Waals surface area contributed by atoms with Crippen molar-refractivity contribution >= 4 is 34.7 Å². The fraction of sp³-hybridized carbons (Fsp3) is 0.316. The van der Waals surface area contributed by atoms with Crippen LogP contribution in [-0.4, -0.2) is 26.2 Å². The molecular weight excluding hydrogens is 338 g/mol. The van der Waals surface area contributed by atoms with Crippen LogP contribution in [0, 0.1) is 6.92 Å². The molecule has 0 aromatic heterocycles. The van der Waals surface area contributed by atoms with Gasteiger partial charge in [0, 0.05) is 29.5 Å². The zero-order valence-electron chi connectivity index (χ0n) is 15.0. The smallest absolute Gasteiger partial charge is 0.323 e. The minimum atomic E-state index is -0.348. The minimum absolute atomic E-state index is 0.348. The van der Waals surface area contributed by atoms with E-state index in [9.17, 15) is 4.79 Å². The van der Waals surface area contributed by atoms with Crippen molar-refractivity contribution < 1.29 is 9.53 Å². The number of carbonyl (C=O) groups excluding carboxylic acids is 1. The van der Waals surface area contributed by atoms with Gasteiger partial charge < -0.3 is 20.3 Å². The first-order valence-corrected chi connectivity index (χ1v) is 8.63. The summed E-state index contributed by atoms with van der Waals surface area (Å²) in [4.78, 5) is 14.6. The fourth-order valence-electron chi connectivity index (χ4n) is 2.63. The maximum Gasteiger partial charge on any atom is 0.323 e. The molecule has 2 rings (SSSR count). The second kappa shape index (κ2) is 8.62. The lowest BCUT2D eigenvalue weighted by molar-refractivity contribution is 0.262. The normalized spacial score (nSPS) is 10.3. The van der Waals surface area contributed by atoms with Crippen molar-refractivity contribution in [2.45, 2.75) is 20.8 Å². The number of hydrogen-bond donors (Lipinski definition) is 2. The summed E-state index contributed by atoms with van der Waals surface area (Å²) in [5, 5.41) is 6.16. The van der Waals surface area contributed by atoms with Crippen LogP contribution in [0.1, 0.15) is 19.4 Å². The van der Waals surface area contributed by atoms with Gasteiger partial charge in [-0.15, -0.1) is 0 Å². The summed E-state index contributed by atoms with van der Waals surface area (Å²) in [5.41, 5.74) is 3.42. The highest BCUT2D eigenvalue weighted by molar-refractivity contribution is 6.31. The van der Waals surface area contributed by atoms with E-state index in [2.05, 4.69) is 35.4 Å². The predicted octanol–water partition coefficient (Wildman–Crippen LogP) is 5.15. The number of rotatable bonds is 6. The Bertz CT molecular complexity index is 745. The van der Waals surface area contributed by atoms with Crippen molar-refractivity contribution in [2.24, 2.45) is 0 Å². The van der Waals surface area contributed by atoms with Crippen LogP contribution in [0.15, 0.2) is 36.4 Å². The lowest BCUT2D eigenvalue weighted by Gasteiger charge is -2.22. The molecule has 0 heterocycles. The molecule has 0 spiro atoms. The van der Waals surface area contributed by atoms with Gasteiger partial charge in [-0.2, -0.15) is 0 Å². The van der Waals surface area contributed by atoms with E-state index in [4.69, 9.17) is 16.3 Å². The number of methoxy groups -OCH3 is 1. The summed E-state index contributed by atoms with van der Waals surface area (Å²) in [6.45, 7) is 8.10. The Morgan fingerprint density at radius 1 is 1.08 bits per heavy atom. The van der Waals surface area contributed by atoms with Crippen molar-refractivity contribution in [3.8, 4) is 5.75 Å². The van der Waals surface area contributed by atoms with Gasteiger partial charge in [-0.05, 0) is 62.7 Å². The van der Waals surface area contributed by atoms with Gasteiger partial charge in [-0.3, -0.25) is 0 Å².